The lowest BCUT2D eigenvalue weighted by Crippen LogP contribution is -2.20. The average molecular weight is 288 g/mol. The van der Waals surface area contributed by atoms with Crippen LogP contribution in [0.2, 0.25) is 0 Å². The van der Waals surface area contributed by atoms with Crippen LogP contribution in [0.4, 0.5) is 0 Å². The number of aromatic nitrogens is 1. The van der Waals surface area contributed by atoms with Crippen LogP contribution >= 0.6 is 0 Å². The van der Waals surface area contributed by atoms with Gasteiger partial charge in [-0.05, 0) is 43.9 Å². The Morgan fingerprint density at radius 2 is 2.00 bits per heavy atom. The van der Waals surface area contributed by atoms with Crippen molar-refractivity contribution in [3.63, 3.8) is 0 Å². The zero-order valence-corrected chi connectivity index (χ0v) is 13.4. The first-order chi connectivity index (χ1) is 10.4. The number of methoxy groups -OCH3 is 1. The third-order valence-electron chi connectivity index (χ3n) is 3.87. The van der Waals surface area contributed by atoms with E-state index < -0.39 is 0 Å². The Balaban J connectivity index is 1.87. The normalized spacial score (nSPS) is 11.3. The first kappa shape index (κ1) is 16.1. The zero-order chi connectivity index (χ0) is 14.9. The minimum Gasteiger partial charge on any atom is -0.383 e. The molecule has 1 aromatic carbocycles. The SMILES string of the molecule is CCCn1cc(CCCCNCCOC)c2ccccc21. The van der Waals surface area contributed by atoms with E-state index in [4.69, 9.17) is 4.74 Å². The highest BCUT2D eigenvalue weighted by Gasteiger charge is 2.06. The van der Waals surface area contributed by atoms with Crippen molar-refractivity contribution in [2.75, 3.05) is 26.8 Å². The second-order valence-electron chi connectivity index (χ2n) is 5.56. The molecule has 1 heterocycles. The number of ether oxygens (including phenoxy) is 1. The maximum atomic E-state index is 5.03. The van der Waals surface area contributed by atoms with Gasteiger partial charge in [-0.2, -0.15) is 0 Å². The minimum absolute atomic E-state index is 0.796. The van der Waals surface area contributed by atoms with Crippen molar-refractivity contribution in [1.82, 2.24) is 9.88 Å². The Hall–Kier alpha value is -1.32. The predicted molar refractivity (Wildman–Crippen MR) is 89.9 cm³/mol. The summed E-state index contributed by atoms with van der Waals surface area (Å²) in [5, 5.41) is 4.83. The number of unbranched alkanes of at least 4 members (excludes halogenated alkanes) is 1. The Morgan fingerprint density at radius 1 is 1.14 bits per heavy atom. The molecule has 0 unspecified atom stereocenters. The van der Waals surface area contributed by atoms with Gasteiger partial charge in [0.15, 0.2) is 0 Å². The number of hydrogen-bond acceptors (Lipinski definition) is 2. The molecular formula is C18H28N2O. The molecule has 0 radical (unpaired) electrons. The molecule has 1 aromatic heterocycles. The first-order valence-electron chi connectivity index (χ1n) is 8.13. The van der Waals surface area contributed by atoms with Gasteiger partial charge in [-0.1, -0.05) is 25.1 Å². The van der Waals surface area contributed by atoms with E-state index in [9.17, 15) is 0 Å². The fraction of sp³-hybridized carbons (Fsp3) is 0.556. The zero-order valence-electron chi connectivity index (χ0n) is 13.4. The van der Waals surface area contributed by atoms with Crippen molar-refractivity contribution in [2.45, 2.75) is 39.2 Å². The topological polar surface area (TPSA) is 26.2 Å². The van der Waals surface area contributed by atoms with E-state index in [1.165, 1.54) is 42.1 Å². The number of nitrogens with one attached hydrogen (secondary N) is 1. The summed E-state index contributed by atoms with van der Waals surface area (Å²) in [5.74, 6) is 0. The van der Waals surface area contributed by atoms with Crippen LogP contribution in [0, 0.1) is 0 Å². The Kier molecular flexibility index (Phi) is 6.77. The molecule has 0 amide bonds. The van der Waals surface area contributed by atoms with E-state index in [1.807, 2.05) is 0 Å². The molecule has 0 aliphatic heterocycles. The summed E-state index contributed by atoms with van der Waals surface area (Å²) >= 11 is 0. The van der Waals surface area contributed by atoms with E-state index >= 15 is 0 Å². The monoisotopic (exact) mass is 288 g/mol. The van der Waals surface area contributed by atoms with Crippen LogP contribution in [0.3, 0.4) is 0 Å². The molecule has 2 rings (SSSR count). The number of nitrogens with zero attached hydrogens (tertiary/aromatic N) is 1. The van der Waals surface area contributed by atoms with Gasteiger partial charge in [0.05, 0.1) is 6.61 Å². The van der Waals surface area contributed by atoms with E-state index in [-0.39, 0.29) is 0 Å². The highest BCUT2D eigenvalue weighted by atomic mass is 16.5. The summed E-state index contributed by atoms with van der Waals surface area (Å²) in [6.45, 7) is 6.17. The highest BCUT2D eigenvalue weighted by Crippen LogP contribution is 2.23. The van der Waals surface area contributed by atoms with Crippen molar-refractivity contribution >= 4 is 10.9 Å². The molecular weight excluding hydrogens is 260 g/mol. The fourth-order valence-corrected chi connectivity index (χ4v) is 2.81. The maximum Gasteiger partial charge on any atom is 0.0587 e. The number of para-hydroxylation sites is 1. The van der Waals surface area contributed by atoms with E-state index in [2.05, 4.69) is 47.3 Å². The summed E-state index contributed by atoms with van der Waals surface area (Å²) in [7, 11) is 1.74. The Morgan fingerprint density at radius 3 is 2.81 bits per heavy atom. The van der Waals surface area contributed by atoms with Gasteiger partial charge in [-0.15, -0.1) is 0 Å². The number of fused-ring (bicyclic) bond motifs is 1. The number of rotatable bonds is 10. The summed E-state index contributed by atoms with van der Waals surface area (Å²) in [5.41, 5.74) is 2.88. The fourth-order valence-electron chi connectivity index (χ4n) is 2.81. The minimum atomic E-state index is 0.796. The predicted octanol–water partition coefficient (Wildman–Crippen LogP) is 3.61. The van der Waals surface area contributed by atoms with Gasteiger partial charge >= 0.3 is 0 Å². The lowest BCUT2D eigenvalue weighted by molar-refractivity contribution is 0.199. The number of benzene rings is 1. The summed E-state index contributed by atoms with van der Waals surface area (Å²) in [6.07, 6.45) is 7.16. The van der Waals surface area contributed by atoms with Crippen LogP contribution < -0.4 is 5.32 Å². The van der Waals surface area contributed by atoms with Crippen molar-refractivity contribution in [1.29, 1.82) is 0 Å². The molecule has 0 aliphatic rings. The van der Waals surface area contributed by atoms with Crippen LogP contribution in [0.25, 0.3) is 10.9 Å². The van der Waals surface area contributed by atoms with Gasteiger partial charge in [0.25, 0.3) is 0 Å². The van der Waals surface area contributed by atoms with Gasteiger partial charge in [0.1, 0.15) is 0 Å². The molecule has 1 N–H and O–H groups in total. The summed E-state index contributed by atoms with van der Waals surface area (Å²) < 4.78 is 7.43. The molecule has 0 atom stereocenters. The molecule has 21 heavy (non-hydrogen) atoms. The van der Waals surface area contributed by atoms with E-state index in [0.29, 0.717) is 0 Å². The second-order valence-corrected chi connectivity index (χ2v) is 5.56. The molecule has 3 nitrogen and oxygen atoms in total. The number of hydrogen-bond donors (Lipinski definition) is 1. The van der Waals surface area contributed by atoms with Crippen LogP contribution in [-0.4, -0.2) is 31.4 Å². The largest absolute Gasteiger partial charge is 0.383 e. The first-order valence-corrected chi connectivity index (χ1v) is 8.13. The Labute approximate surface area is 128 Å². The summed E-state index contributed by atoms with van der Waals surface area (Å²) in [6, 6.07) is 8.78. The molecule has 3 heteroatoms. The van der Waals surface area contributed by atoms with Crippen LogP contribution in [0.5, 0.6) is 0 Å². The quantitative estimate of drug-likeness (QED) is 0.676. The molecule has 0 saturated carbocycles. The van der Waals surface area contributed by atoms with Crippen molar-refractivity contribution < 1.29 is 4.74 Å². The molecule has 0 spiro atoms. The third kappa shape index (κ3) is 4.58. The van der Waals surface area contributed by atoms with Gasteiger partial charge in [0.2, 0.25) is 0 Å². The molecule has 0 bridgehead atoms. The molecule has 0 aliphatic carbocycles. The highest BCUT2D eigenvalue weighted by molar-refractivity contribution is 5.83. The lowest BCUT2D eigenvalue weighted by atomic mass is 10.1. The standard InChI is InChI=1S/C18H28N2O/c1-3-13-20-15-16(17-9-4-5-10-18(17)20)8-6-7-11-19-12-14-21-2/h4-5,9-10,15,19H,3,6-8,11-14H2,1-2H3. The molecule has 116 valence electrons. The van der Waals surface area contributed by atoms with Crippen molar-refractivity contribution in [3.05, 3.63) is 36.0 Å². The molecule has 0 fully saturated rings. The smallest absolute Gasteiger partial charge is 0.0587 e. The van der Waals surface area contributed by atoms with Crippen LogP contribution in [0.1, 0.15) is 31.7 Å². The van der Waals surface area contributed by atoms with Gasteiger partial charge < -0.3 is 14.6 Å². The van der Waals surface area contributed by atoms with Gasteiger partial charge in [-0.3, -0.25) is 0 Å². The van der Waals surface area contributed by atoms with Gasteiger partial charge in [-0.25, -0.2) is 0 Å². The maximum absolute atomic E-state index is 5.03. The molecule has 0 saturated heterocycles. The van der Waals surface area contributed by atoms with E-state index in [1.54, 1.807) is 7.11 Å². The summed E-state index contributed by atoms with van der Waals surface area (Å²) in [4.78, 5) is 0. The third-order valence-corrected chi connectivity index (χ3v) is 3.87. The second kappa shape index (κ2) is 8.85. The lowest BCUT2D eigenvalue weighted by Gasteiger charge is -2.03. The molecule has 2 aromatic rings. The average Bonchev–Trinajstić information content (AvgIpc) is 2.85. The Bertz CT molecular complexity index is 533. The van der Waals surface area contributed by atoms with Crippen LogP contribution in [0.15, 0.2) is 30.5 Å². The number of aryl methyl sites for hydroxylation is 2. The van der Waals surface area contributed by atoms with Crippen molar-refractivity contribution in [3.8, 4) is 0 Å². The van der Waals surface area contributed by atoms with Gasteiger partial charge in [0, 0.05) is 37.3 Å². The van der Waals surface area contributed by atoms with E-state index in [0.717, 1.165) is 26.2 Å². The van der Waals surface area contributed by atoms with Crippen LogP contribution in [-0.2, 0) is 17.7 Å². The van der Waals surface area contributed by atoms with Crippen molar-refractivity contribution in [2.24, 2.45) is 0 Å².